The first-order chi connectivity index (χ1) is 8.70. The lowest BCUT2D eigenvalue weighted by molar-refractivity contribution is 0.394. The molecule has 5 heteroatoms. The monoisotopic (exact) mass is 324 g/mol. The number of nitrogen functional groups attached to an aromatic ring is 1. The summed E-state index contributed by atoms with van der Waals surface area (Å²) < 4.78 is 6.25. The second-order valence-electron chi connectivity index (χ2n) is 3.64. The Kier molecular flexibility index (Phi) is 4.49. The zero-order chi connectivity index (χ0) is 13.0. The van der Waals surface area contributed by atoms with E-state index in [4.69, 9.17) is 10.5 Å². The maximum atomic E-state index is 5.94. The van der Waals surface area contributed by atoms with Gasteiger partial charge in [-0.05, 0) is 24.3 Å². The highest BCUT2D eigenvalue weighted by Crippen LogP contribution is 2.32. The summed E-state index contributed by atoms with van der Waals surface area (Å²) >= 11 is 5.11. The van der Waals surface area contributed by atoms with Crippen LogP contribution in [0.1, 0.15) is 5.56 Å². The minimum atomic E-state index is 0.665. The number of hydrogen-bond donors (Lipinski definition) is 1. The van der Waals surface area contributed by atoms with Crippen molar-refractivity contribution in [1.82, 2.24) is 4.98 Å². The van der Waals surface area contributed by atoms with Crippen molar-refractivity contribution in [3.63, 3.8) is 0 Å². The van der Waals surface area contributed by atoms with Crippen molar-refractivity contribution >= 4 is 33.4 Å². The van der Waals surface area contributed by atoms with E-state index < -0.39 is 0 Å². The summed E-state index contributed by atoms with van der Waals surface area (Å²) in [5.41, 5.74) is 7.78. The number of thioether (sulfide) groups is 1. The number of halogens is 1. The van der Waals surface area contributed by atoms with Crippen molar-refractivity contribution in [3.8, 4) is 5.88 Å². The van der Waals surface area contributed by atoms with Crippen LogP contribution in [0, 0.1) is 0 Å². The number of hydrogen-bond acceptors (Lipinski definition) is 4. The molecule has 2 aromatic rings. The second kappa shape index (κ2) is 6.11. The number of nitrogens with zero attached hydrogens (tertiary/aromatic N) is 1. The van der Waals surface area contributed by atoms with Gasteiger partial charge in [-0.25, -0.2) is 4.98 Å². The van der Waals surface area contributed by atoms with E-state index in [1.165, 1.54) is 0 Å². The normalized spacial score (nSPS) is 10.3. The van der Waals surface area contributed by atoms with Crippen LogP contribution < -0.4 is 10.5 Å². The van der Waals surface area contributed by atoms with E-state index in [1.54, 1.807) is 25.1 Å². The first-order valence-electron chi connectivity index (χ1n) is 5.36. The van der Waals surface area contributed by atoms with Crippen LogP contribution in [0.2, 0.25) is 0 Å². The number of aromatic nitrogens is 1. The molecule has 0 radical (unpaired) electrons. The molecular weight excluding hydrogens is 312 g/mol. The largest absolute Gasteiger partial charge is 0.481 e. The molecule has 0 saturated carbocycles. The first kappa shape index (κ1) is 13.2. The average Bonchev–Trinajstić information content (AvgIpc) is 2.40. The molecule has 0 fully saturated rings. The lowest BCUT2D eigenvalue weighted by Gasteiger charge is -2.08. The Morgan fingerprint density at radius 2 is 2.22 bits per heavy atom. The fraction of sp³-hybridized carbons (Fsp3) is 0.154. The van der Waals surface area contributed by atoms with Gasteiger partial charge in [-0.15, -0.1) is 11.8 Å². The third-order valence-electron chi connectivity index (χ3n) is 2.40. The zero-order valence-corrected chi connectivity index (χ0v) is 12.3. The number of benzene rings is 1. The quantitative estimate of drug-likeness (QED) is 0.687. The molecule has 1 heterocycles. The highest BCUT2D eigenvalue weighted by Gasteiger charge is 2.06. The standard InChI is InChI=1S/C13H13BrN2OS/c1-17-13-9(3-2-6-16-13)8-18-12-7-10(14)4-5-11(12)15/h2-7H,8,15H2,1H3. The van der Waals surface area contributed by atoms with E-state index >= 15 is 0 Å². The Labute approximate surface area is 119 Å². The third kappa shape index (κ3) is 3.17. The molecular formula is C13H13BrN2OS. The second-order valence-corrected chi connectivity index (χ2v) is 5.58. The molecule has 0 aliphatic heterocycles. The van der Waals surface area contributed by atoms with Crippen LogP contribution >= 0.6 is 27.7 Å². The maximum absolute atomic E-state index is 5.94. The van der Waals surface area contributed by atoms with Gasteiger partial charge < -0.3 is 10.5 Å². The van der Waals surface area contributed by atoms with Gasteiger partial charge in [0.2, 0.25) is 5.88 Å². The van der Waals surface area contributed by atoms with Gasteiger partial charge >= 0.3 is 0 Å². The first-order valence-corrected chi connectivity index (χ1v) is 7.14. The van der Waals surface area contributed by atoms with Gasteiger partial charge in [-0.1, -0.05) is 22.0 Å². The van der Waals surface area contributed by atoms with Gasteiger partial charge in [0.05, 0.1) is 7.11 Å². The predicted molar refractivity (Wildman–Crippen MR) is 78.9 cm³/mol. The summed E-state index contributed by atoms with van der Waals surface area (Å²) in [6.45, 7) is 0. The molecule has 0 atom stereocenters. The summed E-state index contributed by atoms with van der Waals surface area (Å²) in [7, 11) is 1.63. The zero-order valence-electron chi connectivity index (χ0n) is 9.89. The molecule has 0 saturated heterocycles. The van der Waals surface area contributed by atoms with Crippen LogP contribution in [0.4, 0.5) is 5.69 Å². The highest BCUT2D eigenvalue weighted by molar-refractivity contribution is 9.10. The van der Waals surface area contributed by atoms with Crippen LogP contribution in [-0.4, -0.2) is 12.1 Å². The third-order valence-corrected chi connectivity index (χ3v) is 4.02. The van der Waals surface area contributed by atoms with Crippen LogP contribution in [-0.2, 0) is 5.75 Å². The van der Waals surface area contributed by atoms with Gasteiger partial charge in [0, 0.05) is 32.6 Å². The van der Waals surface area contributed by atoms with Crippen LogP contribution in [0.15, 0.2) is 45.9 Å². The molecule has 0 aliphatic rings. The predicted octanol–water partition coefficient (Wildman–Crippen LogP) is 3.73. The van der Waals surface area contributed by atoms with Gasteiger partial charge in [0.25, 0.3) is 0 Å². The number of rotatable bonds is 4. The summed E-state index contributed by atoms with van der Waals surface area (Å²) in [5.74, 6) is 1.44. The molecule has 0 amide bonds. The molecule has 0 spiro atoms. The molecule has 1 aromatic carbocycles. The lowest BCUT2D eigenvalue weighted by Crippen LogP contribution is -1.94. The highest BCUT2D eigenvalue weighted by atomic mass is 79.9. The van der Waals surface area contributed by atoms with Gasteiger partial charge in [0.15, 0.2) is 0 Å². The average molecular weight is 325 g/mol. The van der Waals surface area contributed by atoms with E-state index in [0.29, 0.717) is 5.88 Å². The topological polar surface area (TPSA) is 48.1 Å². The van der Waals surface area contributed by atoms with E-state index in [0.717, 1.165) is 26.4 Å². The van der Waals surface area contributed by atoms with Gasteiger partial charge in [0.1, 0.15) is 0 Å². The fourth-order valence-electron chi connectivity index (χ4n) is 1.51. The van der Waals surface area contributed by atoms with Crippen LogP contribution in [0.25, 0.3) is 0 Å². The Hall–Kier alpha value is -1.20. The SMILES string of the molecule is COc1ncccc1CSc1cc(Br)ccc1N. The van der Waals surface area contributed by atoms with Gasteiger partial charge in [-0.3, -0.25) is 0 Å². The van der Waals surface area contributed by atoms with Crippen LogP contribution in [0.5, 0.6) is 5.88 Å². The van der Waals surface area contributed by atoms with Crippen molar-refractivity contribution in [1.29, 1.82) is 0 Å². The maximum Gasteiger partial charge on any atom is 0.217 e. The summed E-state index contributed by atoms with van der Waals surface area (Å²) in [6, 6.07) is 9.76. The molecule has 1 aromatic heterocycles. The fourth-order valence-corrected chi connectivity index (χ4v) is 2.99. The Bertz CT molecular complexity index is 548. The van der Waals surface area contributed by atoms with Crippen molar-refractivity contribution in [2.75, 3.05) is 12.8 Å². The lowest BCUT2D eigenvalue weighted by atomic mass is 10.3. The molecule has 18 heavy (non-hydrogen) atoms. The molecule has 0 aliphatic carbocycles. The number of anilines is 1. The summed E-state index contributed by atoms with van der Waals surface area (Å²) in [5, 5.41) is 0. The molecule has 2 N–H and O–H groups in total. The van der Waals surface area contributed by atoms with Crippen LogP contribution in [0.3, 0.4) is 0 Å². The minimum absolute atomic E-state index is 0.665. The Morgan fingerprint density at radius 1 is 1.39 bits per heavy atom. The van der Waals surface area contributed by atoms with Crippen molar-refractivity contribution in [2.24, 2.45) is 0 Å². The molecule has 0 unspecified atom stereocenters. The van der Waals surface area contributed by atoms with E-state index in [2.05, 4.69) is 20.9 Å². The number of ether oxygens (including phenoxy) is 1. The van der Waals surface area contributed by atoms with Gasteiger partial charge in [-0.2, -0.15) is 0 Å². The smallest absolute Gasteiger partial charge is 0.217 e. The summed E-state index contributed by atoms with van der Waals surface area (Å²) in [4.78, 5) is 5.22. The van der Waals surface area contributed by atoms with Crippen molar-refractivity contribution < 1.29 is 4.74 Å². The van der Waals surface area contributed by atoms with E-state index in [1.807, 2.05) is 30.3 Å². The molecule has 0 bridgehead atoms. The van der Waals surface area contributed by atoms with Crippen molar-refractivity contribution in [3.05, 3.63) is 46.6 Å². The Morgan fingerprint density at radius 3 is 3.00 bits per heavy atom. The minimum Gasteiger partial charge on any atom is -0.481 e. The van der Waals surface area contributed by atoms with E-state index in [-0.39, 0.29) is 0 Å². The Balaban J connectivity index is 2.14. The van der Waals surface area contributed by atoms with E-state index in [9.17, 15) is 0 Å². The molecule has 2 rings (SSSR count). The number of methoxy groups -OCH3 is 1. The number of nitrogens with two attached hydrogens (primary N) is 1. The molecule has 3 nitrogen and oxygen atoms in total. The molecule has 94 valence electrons. The van der Waals surface area contributed by atoms with Crippen molar-refractivity contribution in [2.45, 2.75) is 10.6 Å². The number of pyridine rings is 1. The summed E-state index contributed by atoms with van der Waals surface area (Å²) in [6.07, 6.45) is 1.72.